The molecule has 0 bridgehead atoms. The van der Waals surface area contributed by atoms with Crippen LogP contribution in [0.15, 0.2) is 23.4 Å². The van der Waals surface area contributed by atoms with E-state index in [9.17, 15) is 4.79 Å². The standard InChI is InChI=1S/C10H14N2O2S/c1-12(2)5-6-15-9-3-4-11-7-8(9)10(13)14/h3-4,7H,5-6H2,1-2H3,(H,13,14). The molecule has 0 fully saturated rings. The maximum Gasteiger partial charge on any atom is 0.338 e. The Balaban J connectivity index is 2.63. The Kier molecular flexibility index (Phi) is 4.58. The van der Waals surface area contributed by atoms with Gasteiger partial charge in [0.2, 0.25) is 0 Å². The highest BCUT2D eigenvalue weighted by atomic mass is 32.2. The molecule has 0 saturated carbocycles. The topological polar surface area (TPSA) is 53.4 Å². The lowest BCUT2D eigenvalue weighted by Gasteiger charge is -2.09. The van der Waals surface area contributed by atoms with Gasteiger partial charge in [-0.15, -0.1) is 11.8 Å². The number of rotatable bonds is 5. The van der Waals surface area contributed by atoms with Crippen LogP contribution in [0.4, 0.5) is 0 Å². The Labute approximate surface area is 93.3 Å². The summed E-state index contributed by atoms with van der Waals surface area (Å²) in [6.45, 7) is 0.923. The van der Waals surface area contributed by atoms with E-state index in [4.69, 9.17) is 5.11 Å². The van der Waals surface area contributed by atoms with Crippen LogP contribution in [0.3, 0.4) is 0 Å². The molecule has 4 nitrogen and oxygen atoms in total. The molecule has 0 unspecified atom stereocenters. The molecule has 1 rings (SSSR count). The van der Waals surface area contributed by atoms with Gasteiger partial charge >= 0.3 is 5.97 Å². The third-order valence-corrected chi connectivity index (χ3v) is 2.86. The molecular weight excluding hydrogens is 212 g/mol. The van der Waals surface area contributed by atoms with Crippen LogP contribution in [0.25, 0.3) is 0 Å². The molecule has 0 atom stereocenters. The predicted octanol–water partition coefficient (Wildman–Crippen LogP) is 1.43. The Morgan fingerprint density at radius 2 is 2.33 bits per heavy atom. The monoisotopic (exact) mass is 226 g/mol. The van der Waals surface area contributed by atoms with Gasteiger partial charge in [-0.2, -0.15) is 0 Å². The van der Waals surface area contributed by atoms with E-state index in [2.05, 4.69) is 9.88 Å². The molecule has 5 heteroatoms. The Hall–Kier alpha value is -1.07. The van der Waals surface area contributed by atoms with E-state index >= 15 is 0 Å². The van der Waals surface area contributed by atoms with Crippen LogP contribution in [0.2, 0.25) is 0 Å². The zero-order valence-corrected chi connectivity index (χ0v) is 9.62. The van der Waals surface area contributed by atoms with Crippen molar-refractivity contribution in [3.05, 3.63) is 24.0 Å². The van der Waals surface area contributed by atoms with Gasteiger partial charge in [0.15, 0.2) is 0 Å². The van der Waals surface area contributed by atoms with Crippen LogP contribution < -0.4 is 0 Å². The van der Waals surface area contributed by atoms with Crippen LogP contribution in [-0.2, 0) is 0 Å². The molecular formula is C10H14N2O2S. The highest BCUT2D eigenvalue weighted by Crippen LogP contribution is 2.21. The SMILES string of the molecule is CN(C)CCSc1ccncc1C(=O)O. The summed E-state index contributed by atoms with van der Waals surface area (Å²) >= 11 is 1.54. The molecule has 0 amide bonds. The highest BCUT2D eigenvalue weighted by molar-refractivity contribution is 7.99. The van der Waals surface area contributed by atoms with Crippen LogP contribution >= 0.6 is 11.8 Å². The Bertz CT molecular complexity index is 342. The summed E-state index contributed by atoms with van der Waals surface area (Å²) in [6.07, 6.45) is 3.00. The number of aromatic carboxylic acids is 1. The number of aromatic nitrogens is 1. The lowest BCUT2D eigenvalue weighted by atomic mass is 10.3. The minimum Gasteiger partial charge on any atom is -0.478 e. The van der Waals surface area contributed by atoms with Crippen molar-refractivity contribution in [3.8, 4) is 0 Å². The first-order valence-electron chi connectivity index (χ1n) is 4.56. The lowest BCUT2D eigenvalue weighted by molar-refractivity contribution is 0.0692. The molecule has 0 radical (unpaired) electrons. The quantitative estimate of drug-likeness (QED) is 0.770. The number of carbonyl (C=O) groups is 1. The van der Waals surface area contributed by atoms with Crippen molar-refractivity contribution in [1.29, 1.82) is 0 Å². The first kappa shape index (κ1) is 12.0. The zero-order valence-electron chi connectivity index (χ0n) is 8.80. The number of thioether (sulfide) groups is 1. The first-order valence-corrected chi connectivity index (χ1v) is 5.54. The molecule has 0 aliphatic heterocycles. The second-order valence-corrected chi connectivity index (χ2v) is 4.47. The average molecular weight is 226 g/mol. The van der Waals surface area contributed by atoms with E-state index in [1.54, 1.807) is 24.0 Å². The molecule has 1 N–H and O–H groups in total. The molecule has 0 aliphatic rings. The van der Waals surface area contributed by atoms with Gasteiger partial charge in [-0.1, -0.05) is 0 Å². The minimum atomic E-state index is -0.921. The summed E-state index contributed by atoms with van der Waals surface area (Å²) < 4.78 is 0. The van der Waals surface area contributed by atoms with E-state index in [1.165, 1.54) is 6.20 Å². The first-order chi connectivity index (χ1) is 7.11. The third kappa shape index (κ3) is 3.89. The van der Waals surface area contributed by atoms with Gasteiger partial charge in [-0.3, -0.25) is 4.98 Å². The molecule has 0 aromatic carbocycles. The largest absolute Gasteiger partial charge is 0.478 e. The summed E-state index contributed by atoms with van der Waals surface area (Å²) in [6, 6.07) is 1.74. The van der Waals surface area contributed by atoms with Crippen molar-refractivity contribution < 1.29 is 9.90 Å². The number of hydrogen-bond acceptors (Lipinski definition) is 4. The van der Waals surface area contributed by atoms with Crippen LogP contribution in [0, 0.1) is 0 Å². The zero-order chi connectivity index (χ0) is 11.3. The van der Waals surface area contributed by atoms with Crippen molar-refractivity contribution in [2.75, 3.05) is 26.4 Å². The average Bonchev–Trinajstić information content (AvgIpc) is 2.17. The maximum absolute atomic E-state index is 10.9. The fourth-order valence-electron chi connectivity index (χ4n) is 1.01. The van der Waals surface area contributed by atoms with Gasteiger partial charge in [0.05, 0.1) is 5.56 Å². The Morgan fingerprint density at radius 1 is 1.60 bits per heavy atom. The molecule has 15 heavy (non-hydrogen) atoms. The summed E-state index contributed by atoms with van der Waals surface area (Å²) in [4.78, 5) is 17.5. The Morgan fingerprint density at radius 3 is 2.93 bits per heavy atom. The molecule has 0 aliphatic carbocycles. The number of nitrogens with zero attached hydrogens (tertiary/aromatic N) is 2. The van der Waals surface area contributed by atoms with Gasteiger partial charge in [0.25, 0.3) is 0 Å². The molecule has 1 aromatic heterocycles. The van der Waals surface area contributed by atoms with Gasteiger partial charge in [0.1, 0.15) is 0 Å². The summed E-state index contributed by atoms with van der Waals surface area (Å²) in [5.41, 5.74) is 0.279. The van der Waals surface area contributed by atoms with Crippen LogP contribution in [0.5, 0.6) is 0 Å². The summed E-state index contributed by atoms with van der Waals surface area (Å²) in [5.74, 6) is -0.0486. The van der Waals surface area contributed by atoms with E-state index in [0.717, 1.165) is 17.2 Å². The van der Waals surface area contributed by atoms with Gasteiger partial charge in [-0.25, -0.2) is 4.79 Å². The molecule has 0 spiro atoms. The van der Waals surface area contributed by atoms with Crippen molar-refractivity contribution >= 4 is 17.7 Å². The smallest absolute Gasteiger partial charge is 0.338 e. The molecule has 1 heterocycles. The lowest BCUT2D eigenvalue weighted by Crippen LogP contribution is -2.15. The molecule has 0 saturated heterocycles. The second-order valence-electron chi connectivity index (χ2n) is 3.33. The predicted molar refractivity (Wildman–Crippen MR) is 60.5 cm³/mol. The fraction of sp³-hybridized carbons (Fsp3) is 0.400. The van der Waals surface area contributed by atoms with Gasteiger partial charge < -0.3 is 10.0 Å². The van der Waals surface area contributed by atoms with Crippen molar-refractivity contribution in [3.63, 3.8) is 0 Å². The number of carboxylic acids is 1. The number of pyridine rings is 1. The highest BCUT2D eigenvalue weighted by Gasteiger charge is 2.09. The summed E-state index contributed by atoms with van der Waals surface area (Å²) in [5, 5.41) is 8.91. The van der Waals surface area contributed by atoms with Crippen molar-refractivity contribution in [1.82, 2.24) is 9.88 Å². The van der Waals surface area contributed by atoms with E-state index in [1.807, 2.05) is 14.1 Å². The minimum absolute atomic E-state index is 0.279. The van der Waals surface area contributed by atoms with E-state index in [-0.39, 0.29) is 5.56 Å². The molecule has 1 aromatic rings. The third-order valence-electron chi connectivity index (χ3n) is 1.81. The van der Waals surface area contributed by atoms with Crippen molar-refractivity contribution in [2.24, 2.45) is 0 Å². The van der Waals surface area contributed by atoms with Crippen LogP contribution in [-0.4, -0.2) is 47.4 Å². The van der Waals surface area contributed by atoms with Crippen LogP contribution in [0.1, 0.15) is 10.4 Å². The summed E-state index contributed by atoms with van der Waals surface area (Å²) in [7, 11) is 3.98. The van der Waals surface area contributed by atoms with Gasteiger partial charge in [0, 0.05) is 29.6 Å². The fourth-order valence-corrected chi connectivity index (χ4v) is 2.14. The van der Waals surface area contributed by atoms with E-state index < -0.39 is 5.97 Å². The van der Waals surface area contributed by atoms with Gasteiger partial charge in [-0.05, 0) is 20.2 Å². The number of hydrogen-bond donors (Lipinski definition) is 1. The normalized spacial score (nSPS) is 10.6. The van der Waals surface area contributed by atoms with E-state index in [0.29, 0.717) is 0 Å². The second kappa shape index (κ2) is 5.72. The van der Waals surface area contributed by atoms with Crippen molar-refractivity contribution in [2.45, 2.75) is 4.90 Å². The number of carboxylic acid groups (broad SMARTS) is 1. The molecule has 82 valence electrons. The maximum atomic E-state index is 10.9.